The van der Waals surface area contributed by atoms with Gasteiger partial charge in [-0.05, 0) is 19.2 Å². The highest BCUT2D eigenvalue weighted by atomic mass is 16.5. The number of ether oxygens (including phenoxy) is 1. The molecular formula is C15H14N4O. The molecule has 0 unspecified atom stereocenters. The molecule has 2 heterocycles. The zero-order chi connectivity index (χ0) is 13.8. The highest BCUT2D eigenvalue weighted by molar-refractivity contribution is 5.69. The van der Waals surface area contributed by atoms with Crippen LogP contribution in [0.3, 0.4) is 0 Å². The van der Waals surface area contributed by atoms with Crippen LogP contribution in [0.4, 0.5) is 0 Å². The van der Waals surface area contributed by atoms with E-state index in [1.54, 1.807) is 18.5 Å². The zero-order valence-electron chi connectivity index (χ0n) is 11.1. The van der Waals surface area contributed by atoms with Crippen LogP contribution in [0.15, 0.2) is 48.8 Å². The summed E-state index contributed by atoms with van der Waals surface area (Å²) in [7, 11) is 1.90. The van der Waals surface area contributed by atoms with Gasteiger partial charge in [0.15, 0.2) is 5.65 Å². The molecule has 20 heavy (non-hydrogen) atoms. The zero-order valence-corrected chi connectivity index (χ0v) is 11.1. The van der Waals surface area contributed by atoms with Crippen LogP contribution in [0.5, 0.6) is 11.6 Å². The highest BCUT2D eigenvalue weighted by Crippen LogP contribution is 2.24. The molecule has 100 valence electrons. The van der Waals surface area contributed by atoms with Crippen LogP contribution in [0, 0.1) is 0 Å². The first-order valence-electron chi connectivity index (χ1n) is 6.35. The van der Waals surface area contributed by atoms with E-state index in [0.717, 1.165) is 23.4 Å². The fraction of sp³-hybridized carbons (Fsp3) is 0.133. The van der Waals surface area contributed by atoms with Gasteiger partial charge in [-0.3, -0.25) is 4.98 Å². The number of rotatable bonds is 4. The van der Waals surface area contributed by atoms with Crippen LogP contribution < -0.4 is 10.1 Å². The van der Waals surface area contributed by atoms with Crippen molar-refractivity contribution in [3.8, 4) is 11.6 Å². The first kappa shape index (κ1) is 12.5. The molecule has 1 aromatic carbocycles. The van der Waals surface area contributed by atoms with Gasteiger partial charge in [0.2, 0.25) is 5.88 Å². The van der Waals surface area contributed by atoms with E-state index in [2.05, 4.69) is 20.3 Å². The second-order valence-corrected chi connectivity index (χ2v) is 4.29. The minimum absolute atomic E-state index is 0.515. The van der Waals surface area contributed by atoms with Crippen molar-refractivity contribution in [2.45, 2.75) is 6.54 Å². The molecule has 5 nitrogen and oxygen atoms in total. The van der Waals surface area contributed by atoms with Crippen molar-refractivity contribution in [3.63, 3.8) is 0 Å². The number of nitrogens with zero attached hydrogens (tertiary/aromatic N) is 3. The summed E-state index contributed by atoms with van der Waals surface area (Å²) in [4.78, 5) is 12.7. The quantitative estimate of drug-likeness (QED) is 0.786. The van der Waals surface area contributed by atoms with E-state index >= 15 is 0 Å². The van der Waals surface area contributed by atoms with E-state index in [9.17, 15) is 0 Å². The maximum atomic E-state index is 5.85. The molecule has 0 aliphatic heterocycles. The number of benzene rings is 1. The standard InChI is InChI=1S/C15H14N4O/c1-16-10-11-4-2-3-5-13(11)20-14-7-6-12-15(19-14)18-9-8-17-12/h2-9,16H,10H2,1H3. The van der Waals surface area contributed by atoms with Gasteiger partial charge >= 0.3 is 0 Å². The Morgan fingerprint density at radius 1 is 1.05 bits per heavy atom. The third kappa shape index (κ3) is 2.57. The third-order valence-electron chi connectivity index (χ3n) is 2.86. The van der Waals surface area contributed by atoms with Gasteiger partial charge in [0.25, 0.3) is 0 Å². The van der Waals surface area contributed by atoms with Gasteiger partial charge in [-0.25, -0.2) is 4.98 Å². The predicted molar refractivity (Wildman–Crippen MR) is 76.6 cm³/mol. The van der Waals surface area contributed by atoms with E-state index < -0.39 is 0 Å². The third-order valence-corrected chi connectivity index (χ3v) is 2.86. The molecule has 0 spiro atoms. The number of para-hydroxylation sites is 1. The van der Waals surface area contributed by atoms with E-state index in [1.807, 2.05) is 37.4 Å². The highest BCUT2D eigenvalue weighted by Gasteiger charge is 2.06. The van der Waals surface area contributed by atoms with E-state index in [-0.39, 0.29) is 0 Å². The van der Waals surface area contributed by atoms with E-state index in [1.165, 1.54) is 0 Å². The van der Waals surface area contributed by atoms with Crippen molar-refractivity contribution in [2.75, 3.05) is 7.05 Å². The van der Waals surface area contributed by atoms with E-state index in [4.69, 9.17) is 4.74 Å². The first-order chi connectivity index (χ1) is 9.86. The summed E-state index contributed by atoms with van der Waals surface area (Å²) in [6.07, 6.45) is 3.26. The van der Waals surface area contributed by atoms with Crippen molar-refractivity contribution < 1.29 is 4.74 Å². The molecule has 0 aliphatic rings. The largest absolute Gasteiger partial charge is 0.439 e. The lowest BCUT2D eigenvalue weighted by molar-refractivity contribution is 0.457. The Hall–Kier alpha value is -2.53. The SMILES string of the molecule is CNCc1ccccc1Oc1ccc2nccnc2n1. The Morgan fingerprint density at radius 2 is 1.90 bits per heavy atom. The predicted octanol–water partition coefficient (Wildman–Crippen LogP) is 2.54. The summed E-state index contributed by atoms with van der Waals surface area (Å²) in [6, 6.07) is 11.5. The fourth-order valence-electron chi connectivity index (χ4n) is 1.95. The Labute approximate surface area is 116 Å². The molecule has 0 saturated heterocycles. The summed E-state index contributed by atoms with van der Waals surface area (Å²) in [6.45, 7) is 0.740. The van der Waals surface area contributed by atoms with Crippen LogP contribution in [-0.4, -0.2) is 22.0 Å². The lowest BCUT2D eigenvalue weighted by Gasteiger charge is -2.10. The summed E-state index contributed by atoms with van der Waals surface area (Å²) in [5.74, 6) is 1.30. The molecule has 5 heteroatoms. The lowest BCUT2D eigenvalue weighted by atomic mass is 10.2. The molecule has 0 saturated carbocycles. The van der Waals surface area contributed by atoms with E-state index in [0.29, 0.717) is 11.5 Å². The number of nitrogens with one attached hydrogen (secondary N) is 1. The van der Waals surface area contributed by atoms with Gasteiger partial charge < -0.3 is 10.1 Å². The molecule has 0 aliphatic carbocycles. The molecule has 1 N–H and O–H groups in total. The van der Waals surface area contributed by atoms with Crippen molar-refractivity contribution in [3.05, 3.63) is 54.4 Å². The van der Waals surface area contributed by atoms with Crippen molar-refractivity contribution in [1.82, 2.24) is 20.3 Å². The molecule has 0 atom stereocenters. The number of hydrogen-bond acceptors (Lipinski definition) is 5. The summed E-state index contributed by atoms with van der Waals surface area (Å²) >= 11 is 0. The summed E-state index contributed by atoms with van der Waals surface area (Å²) < 4.78 is 5.85. The molecular weight excluding hydrogens is 252 g/mol. The molecule has 3 rings (SSSR count). The smallest absolute Gasteiger partial charge is 0.221 e. The molecule has 0 bridgehead atoms. The topological polar surface area (TPSA) is 59.9 Å². The van der Waals surface area contributed by atoms with Gasteiger partial charge in [-0.15, -0.1) is 0 Å². The monoisotopic (exact) mass is 266 g/mol. The van der Waals surface area contributed by atoms with Gasteiger partial charge in [0.1, 0.15) is 11.3 Å². The number of pyridine rings is 1. The minimum atomic E-state index is 0.515. The normalized spacial score (nSPS) is 10.7. The summed E-state index contributed by atoms with van der Waals surface area (Å²) in [5.41, 5.74) is 2.41. The molecule has 0 radical (unpaired) electrons. The van der Waals surface area contributed by atoms with Crippen LogP contribution >= 0.6 is 0 Å². The Kier molecular flexibility index (Phi) is 3.52. The maximum absolute atomic E-state index is 5.85. The molecule has 3 aromatic rings. The van der Waals surface area contributed by atoms with Gasteiger partial charge in [-0.2, -0.15) is 4.98 Å². The van der Waals surface area contributed by atoms with Crippen molar-refractivity contribution in [1.29, 1.82) is 0 Å². The second kappa shape index (κ2) is 5.63. The summed E-state index contributed by atoms with van der Waals surface area (Å²) in [5, 5.41) is 3.12. The van der Waals surface area contributed by atoms with Crippen molar-refractivity contribution >= 4 is 11.2 Å². The molecule has 2 aromatic heterocycles. The second-order valence-electron chi connectivity index (χ2n) is 4.29. The fourth-order valence-corrected chi connectivity index (χ4v) is 1.95. The average Bonchev–Trinajstić information content (AvgIpc) is 2.49. The minimum Gasteiger partial charge on any atom is -0.439 e. The Balaban J connectivity index is 1.93. The Bertz CT molecular complexity index is 730. The number of fused-ring (bicyclic) bond motifs is 1. The van der Waals surface area contributed by atoms with Gasteiger partial charge in [0.05, 0.1) is 0 Å². The Morgan fingerprint density at radius 3 is 2.80 bits per heavy atom. The molecule has 0 amide bonds. The maximum Gasteiger partial charge on any atom is 0.221 e. The van der Waals surface area contributed by atoms with Crippen molar-refractivity contribution in [2.24, 2.45) is 0 Å². The number of hydrogen-bond donors (Lipinski definition) is 1. The van der Waals surface area contributed by atoms with Crippen LogP contribution in [0.25, 0.3) is 11.2 Å². The van der Waals surface area contributed by atoms with Crippen LogP contribution in [-0.2, 0) is 6.54 Å². The van der Waals surface area contributed by atoms with Gasteiger partial charge in [-0.1, -0.05) is 18.2 Å². The van der Waals surface area contributed by atoms with Crippen LogP contribution in [0.1, 0.15) is 5.56 Å². The van der Waals surface area contributed by atoms with Gasteiger partial charge in [0, 0.05) is 30.6 Å². The average molecular weight is 266 g/mol. The number of aromatic nitrogens is 3. The molecule has 0 fully saturated rings. The van der Waals surface area contributed by atoms with Crippen LogP contribution in [0.2, 0.25) is 0 Å². The lowest BCUT2D eigenvalue weighted by Crippen LogP contribution is -2.06. The first-order valence-corrected chi connectivity index (χ1v) is 6.35.